The SMILES string of the molecule is C=C(C)[C@](O)(CO)CC[C@@H](C)[C@H]1CC[C@H]2[C@@H]3CC=C4C[C@@H](O)CC[C@]4(C)[C@H]3CC[C@]12C. The van der Waals surface area contributed by atoms with Crippen molar-refractivity contribution in [3.63, 3.8) is 0 Å². The van der Waals surface area contributed by atoms with Crippen molar-refractivity contribution in [3.8, 4) is 0 Å². The van der Waals surface area contributed by atoms with Crippen LogP contribution in [-0.4, -0.2) is 33.6 Å². The zero-order chi connectivity index (χ0) is 22.6. The molecule has 3 fully saturated rings. The summed E-state index contributed by atoms with van der Waals surface area (Å²) in [5.41, 5.74) is 1.81. The first-order chi connectivity index (χ1) is 14.5. The van der Waals surface area contributed by atoms with Crippen molar-refractivity contribution in [1.29, 1.82) is 0 Å². The summed E-state index contributed by atoms with van der Waals surface area (Å²) in [5, 5.41) is 30.7. The molecule has 0 unspecified atom stereocenters. The van der Waals surface area contributed by atoms with Gasteiger partial charge in [-0.15, -0.1) is 0 Å². The van der Waals surface area contributed by atoms with E-state index in [2.05, 4.69) is 33.4 Å². The summed E-state index contributed by atoms with van der Waals surface area (Å²) >= 11 is 0. The quantitative estimate of drug-likeness (QED) is 0.478. The number of fused-ring (bicyclic) bond motifs is 5. The van der Waals surface area contributed by atoms with E-state index in [0.717, 1.165) is 43.4 Å². The molecule has 0 amide bonds. The van der Waals surface area contributed by atoms with E-state index in [-0.39, 0.29) is 12.7 Å². The van der Waals surface area contributed by atoms with Gasteiger partial charge in [0.25, 0.3) is 0 Å². The Morgan fingerprint density at radius 1 is 1.19 bits per heavy atom. The van der Waals surface area contributed by atoms with Crippen LogP contribution >= 0.6 is 0 Å². The van der Waals surface area contributed by atoms with Crippen molar-refractivity contribution in [2.75, 3.05) is 6.61 Å². The lowest BCUT2D eigenvalue weighted by molar-refractivity contribution is -0.0594. The van der Waals surface area contributed by atoms with E-state index in [0.29, 0.717) is 34.7 Å². The van der Waals surface area contributed by atoms with E-state index in [9.17, 15) is 15.3 Å². The van der Waals surface area contributed by atoms with Gasteiger partial charge < -0.3 is 15.3 Å². The van der Waals surface area contributed by atoms with Gasteiger partial charge in [0.2, 0.25) is 0 Å². The van der Waals surface area contributed by atoms with Crippen molar-refractivity contribution in [2.45, 2.75) is 104 Å². The second-order valence-corrected chi connectivity index (χ2v) is 12.4. The third-order valence-electron chi connectivity index (χ3n) is 10.9. The van der Waals surface area contributed by atoms with E-state index in [1.165, 1.54) is 32.1 Å². The van der Waals surface area contributed by atoms with Gasteiger partial charge in [0.1, 0.15) is 5.60 Å². The van der Waals surface area contributed by atoms with Crippen LogP contribution in [0.5, 0.6) is 0 Å². The second kappa shape index (κ2) is 8.29. The molecular formula is C28H46O3. The Bertz CT molecular complexity index is 728. The van der Waals surface area contributed by atoms with Crippen molar-refractivity contribution in [1.82, 2.24) is 0 Å². The lowest BCUT2D eigenvalue weighted by atomic mass is 9.47. The first-order valence-corrected chi connectivity index (χ1v) is 12.9. The fraction of sp³-hybridized carbons (Fsp3) is 0.857. The number of rotatable bonds is 6. The minimum Gasteiger partial charge on any atom is -0.393 e. The van der Waals surface area contributed by atoms with E-state index in [1.54, 1.807) is 5.57 Å². The summed E-state index contributed by atoms with van der Waals surface area (Å²) in [7, 11) is 0. The van der Waals surface area contributed by atoms with Gasteiger partial charge in [0.15, 0.2) is 0 Å². The number of hydrogen-bond acceptors (Lipinski definition) is 3. The maximum atomic E-state index is 10.7. The molecule has 176 valence electrons. The monoisotopic (exact) mass is 430 g/mol. The van der Waals surface area contributed by atoms with E-state index in [4.69, 9.17) is 0 Å². The normalized spacial score (nSPS) is 45.0. The van der Waals surface area contributed by atoms with Gasteiger partial charge in [-0.1, -0.05) is 39.0 Å². The van der Waals surface area contributed by atoms with Gasteiger partial charge in [-0.05, 0) is 117 Å². The largest absolute Gasteiger partial charge is 0.393 e. The summed E-state index contributed by atoms with van der Waals surface area (Å²) < 4.78 is 0. The van der Waals surface area contributed by atoms with Gasteiger partial charge in [-0.3, -0.25) is 0 Å². The minimum atomic E-state index is -1.13. The van der Waals surface area contributed by atoms with Crippen molar-refractivity contribution >= 4 is 0 Å². The maximum absolute atomic E-state index is 10.7. The molecule has 4 rings (SSSR count). The molecule has 3 nitrogen and oxygen atoms in total. The molecule has 9 atom stereocenters. The highest BCUT2D eigenvalue weighted by Gasteiger charge is 2.59. The molecule has 0 saturated heterocycles. The van der Waals surface area contributed by atoms with Gasteiger partial charge in [-0.25, -0.2) is 0 Å². The topological polar surface area (TPSA) is 60.7 Å². The number of aliphatic hydroxyl groups excluding tert-OH is 2. The number of aliphatic hydroxyl groups is 3. The summed E-state index contributed by atoms with van der Waals surface area (Å²) in [6.45, 7) is 13.0. The maximum Gasteiger partial charge on any atom is 0.108 e. The predicted molar refractivity (Wildman–Crippen MR) is 126 cm³/mol. The Labute approximate surface area is 190 Å². The average molecular weight is 431 g/mol. The molecule has 3 heteroatoms. The molecule has 4 aliphatic rings. The van der Waals surface area contributed by atoms with Crippen LogP contribution in [0.1, 0.15) is 91.9 Å². The zero-order valence-electron chi connectivity index (χ0n) is 20.4. The molecule has 0 aromatic carbocycles. The Hall–Kier alpha value is -0.640. The van der Waals surface area contributed by atoms with Gasteiger partial charge in [0.05, 0.1) is 12.7 Å². The minimum absolute atomic E-state index is 0.127. The van der Waals surface area contributed by atoms with Gasteiger partial charge in [-0.2, -0.15) is 0 Å². The first-order valence-electron chi connectivity index (χ1n) is 12.9. The Balaban J connectivity index is 1.49. The molecule has 0 heterocycles. The highest BCUT2D eigenvalue weighted by molar-refractivity contribution is 5.25. The smallest absolute Gasteiger partial charge is 0.108 e. The molecule has 4 aliphatic carbocycles. The Morgan fingerprint density at radius 2 is 1.94 bits per heavy atom. The van der Waals surface area contributed by atoms with Crippen LogP contribution in [0, 0.1) is 40.4 Å². The Morgan fingerprint density at radius 3 is 2.61 bits per heavy atom. The van der Waals surface area contributed by atoms with Crippen molar-refractivity contribution in [2.24, 2.45) is 40.4 Å². The molecule has 0 bridgehead atoms. The highest BCUT2D eigenvalue weighted by atomic mass is 16.3. The Kier molecular flexibility index (Phi) is 6.29. The first kappa shape index (κ1) is 23.5. The molecule has 31 heavy (non-hydrogen) atoms. The van der Waals surface area contributed by atoms with Gasteiger partial charge >= 0.3 is 0 Å². The van der Waals surface area contributed by atoms with Crippen molar-refractivity contribution < 1.29 is 15.3 Å². The zero-order valence-corrected chi connectivity index (χ0v) is 20.4. The van der Waals surface area contributed by atoms with Crippen LogP contribution < -0.4 is 0 Å². The van der Waals surface area contributed by atoms with Crippen LogP contribution in [0.25, 0.3) is 0 Å². The molecule has 0 aromatic rings. The summed E-state index contributed by atoms with van der Waals surface area (Å²) in [6.07, 6.45) is 13.5. The molecular weight excluding hydrogens is 384 g/mol. The molecule has 0 spiro atoms. The van der Waals surface area contributed by atoms with E-state index >= 15 is 0 Å². The van der Waals surface area contributed by atoms with Crippen LogP contribution in [0.4, 0.5) is 0 Å². The van der Waals surface area contributed by atoms with E-state index in [1.807, 2.05) is 6.92 Å². The van der Waals surface area contributed by atoms with Crippen molar-refractivity contribution in [3.05, 3.63) is 23.8 Å². The van der Waals surface area contributed by atoms with E-state index < -0.39 is 5.60 Å². The summed E-state index contributed by atoms with van der Waals surface area (Å²) in [5.74, 6) is 3.65. The third-order valence-corrected chi connectivity index (χ3v) is 10.9. The predicted octanol–water partition coefficient (Wildman–Crippen LogP) is 5.64. The van der Waals surface area contributed by atoms with Crippen LogP contribution in [0.2, 0.25) is 0 Å². The fourth-order valence-electron chi connectivity index (χ4n) is 8.71. The van der Waals surface area contributed by atoms with Crippen LogP contribution in [0.3, 0.4) is 0 Å². The van der Waals surface area contributed by atoms with Crippen LogP contribution in [0.15, 0.2) is 23.8 Å². The van der Waals surface area contributed by atoms with Gasteiger partial charge in [0, 0.05) is 0 Å². The highest BCUT2D eigenvalue weighted by Crippen LogP contribution is 2.67. The second-order valence-electron chi connectivity index (χ2n) is 12.4. The fourth-order valence-corrected chi connectivity index (χ4v) is 8.71. The lowest BCUT2D eigenvalue weighted by Crippen LogP contribution is -2.50. The standard InChI is InChI=1S/C28H46O3/c1-18(2)28(31,17-29)15-10-19(3)23-8-9-24-22-7-6-20-16-21(30)11-13-26(20,4)25(22)12-14-27(23,24)5/h6,19,21-25,29-31H,1,7-17H2,2-5H3/t19-,21+,22+,23-,24+,25+,26+,27-,28-/m1/s1. The molecule has 3 saturated carbocycles. The summed E-state index contributed by atoms with van der Waals surface area (Å²) in [6, 6.07) is 0. The summed E-state index contributed by atoms with van der Waals surface area (Å²) in [4.78, 5) is 0. The third kappa shape index (κ3) is 3.77. The van der Waals surface area contributed by atoms with Crippen LogP contribution in [-0.2, 0) is 0 Å². The molecule has 0 aliphatic heterocycles. The number of hydrogen-bond donors (Lipinski definition) is 3. The molecule has 0 radical (unpaired) electrons. The number of allylic oxidation sites excluding steroid dienone is 1. The molecule has 3 N–H and O–H groups in total. The lowest BCUT2D eigenvalue weighted by Gasteiger charge is -2.58. The molecule has 0 aromatic heterocycles. The average Bonchev–Trinajstić information content (AvgIpc) is 3.09.